The van der Waals surface area contributed by atoms with E-state index in [1.807, 2.05) is 18.2 Å². The van der Waals surface area contributed by atoms with Gasteiger partial charge in [-0.2, -0.15) is 0 Å². The quantitative estimate of drug-likeness (QED) is 0.720. The van der Waals surface area contributed by atoms with E-state index in [0.29, 0.717) is 0 Å². The van der Waals surface area contributed by atoms with E-state index in [1.165, 1.54) is 10.4 Å². The topological polar surface area (TPSA) is 30.5 Å². The molecule has 3 nitrogen and oxygen atoms in total. The molecule has 4 heteroatoms. The summed E-state index contributed by atoms with van der Waals surface area (Å²) in [6.45, 7) is 3.09. The normalized spacial score (nSPS) is 10.7. The average molecular weight is 291 g/mol. The van der Waals surface area contributed by atoms with E-state index in [2.05, 4.69) is 28.9 Å². The third-order valence-electron chi connectivity index (χ3n) is 2.96. The minimum Gasteiger partial charge on any atom is -0.493 e. The van der Waals surface area contributed by atoms with Crippen LogP contribution in [-0.2, 0) is 17.7 Å². The first-order chi connectivity index (χ1) is 9.90. The number of hydrogen-bond donors (Lipinski definition) is 1. The Bertz CT molecular complexity index is 485. The fraction of sp³-hybridized carbons (Fsp3) is 0.375. The first-order valence-electron chi connectivity index (χ1n) is 6.83. The molecule has 0 atom stereocenters. The Labute approximate surface area is 124 Å². The third-order valence-corrected chi connectivity index (χ3v) is 3.89. The smallest absolute Gasteiger partial charge is 0.123 e. The minimum atomic E-state index is 0.718. The molecule has 0 unspecified atom stereocenters. The highest BCUT2D eigenvalue weighted by molar-refractivity contribution is 7.09. The molecule has 2 rings (SSSR count). The summed E-state index contributed by atoms with van der Waals surface area (Å²) >= 11 is 1.78. The molecule has 0 aliphatic heterocycles. The molecule has 2 aromatic rings. The summed E-state index contributed by atoms with van der Waals surface area (Å²) < 4.78 is 10.9. The van der Waals surface area contributed by atoms with Crippen molar-refractivity contribution in [1.82, 2.24) is 5.32 Å². The van der Waals surface area contributed by atoms with Gasteiger partial charge in [-0.05, 0) is 17.5 Å². The van der Waals surface area contributed by atoms with E-state index >= 15 is 0 Å². The molecule has 0 saturated carbocycles. The van der Waals surface area contributed by atoms with Crippen molar-refractivity contribution in [2.45, 2.75) is 13.0 Å². The molecule has 1 aromatic heterocycles. The number of nitrogens with one attached hydrogen (secondary N) is 1. The average Bonchev–Trinajstić information content (AvgIpc) is 2.98. The van der Waals surface area contributed by atoms with Crippen molar-refractivity contribution in [1.29, 1.82) is 0 Å². The van der Waals surface area contributed by atoms with Crippen molar-refractivity contribution < 1.29 is 9.47 Å². The SMILES string of the molecule is COCCNCc1ccccc1OCCc1cccs1. The van der Waals surface area contributed by atoms with Crippen LogP contribution in [0.25, 0.3) is 0 Å². The molecule has 0 fully saturated rings. The molecule has 0 aliphatic carbocycles. The van der Waals surface area contributed by atoms with Crippen LogP contribution >= 0.6 is 11.3 Å². The van der Waals surface area contributed by atoms with Crippen molar-refractivity contribution in [3.63, 3.8) is 0 Å². The lowest BCUT2D eigenvalue weighted by molar-refractivity contribution is 0.199. The highest BCUT2D eigenvalue weighted by Gasteiger charge is 2.03. The molecule has 0 radical (unpaired) electrons. The summed E-state index contributed by atoms with van der Waals surface area (Å²) in [5.74, 6) is 0.967. The standard InChI is InChI=1S/C16H21NO2S/c1-18-11-9-17-13-14-5-2-3-7-16(14)19-10-8-15-6-4-12-20-15/h2-7,12,17H,8-11,13H2,1H3. The van der Waals surface area contributed by atoms with Gasteiger partial charge >= 0.3 is 0 Å². The maximum absolute atomic E-state index is 5.90. The van der Waals surface area contributed by atoms with Crippen LogP contribution in [0.3, 0.4) is 0 Å². The third kappa shape index (κ3) is 4.96. The van der Waals surface area contributed by atoms with E-state index in [9.17, 15) is 0 Å². The lowest BCUT2D eigenvalue weighted by atomic mass is 10.2. The molecule has 108 valence electrons. The molecular formula is C16H21NO2S. The summed E-state index contributed by atoms with van der Waals surface area (Å²) in [5.41, 5.74) is 1.19. The summed E-state index contributed by atoms with van der Waals surface area (Å²) in [6.07, 6.45) is 0.961. The molecule has 0 aliphatic rings. The van der Waals surface area contributed by atoms with Gasteiger partial charge in [0.05, 0.1) is 13.2 Å². The van der Waals surface area contributed by atoms with Gasteiger partial charge < -0.3 is 14.8 Å². The van der Waals surface area contributed by atoms with Crippen molar-refractivity contribution in [3.8, 4) is 5.75 Å². The van der Waals surface area contributed by atoms with Crippen molar-refractivity contribution in [2.24, 2.45) is 0 Å². The predicted octanol–water partition coefficient (Wildman–Crippen LogP) is 3.11. The summed E-state index contributed by atoms with van der Waals surface area (Å²) in [7, 11) is 1.71. The van der Waals surface area contributed by atoms with E-state index < -0.39 is 0 Å². The van der Waals surface area contributed by atoms with Gasteiger partial charge in [0, 0.05) is 37.1 Å². The van der Waals surface area contributed by atoms with E-state index in [-0.39, 0.29) is 0 Å². The maximum atomic E-state index is 5.90. The molecule has 0 spiro atoms. The van der Waals surface area contributed by atoms with Gasteiger partial charge in [0.1, 0.15) is 5.75 Å². The zero-order valence-electron chi connectivity index (χ0n) is 11.8. The first-order valence-corrected chi connectivity index (χ1v) is 7.71. The largest absolute Gasteiger partial charge is 0.493 e. The van der Waals surface area contributed by atoms with Gasteiger partial charge in [0.2, 0.25) is 0 Å². The number of para-hydroxylation sites is 1. The van der Waals surface area contributed by atoms with E-state index in [1.54, 1.807) is 18.4 Å². The van der Waals surface area contributed by atoms with Crippen LogP contribution in [0.5, 0.6) is 5.75 Å². The molecule has 0 amide bonds. The molecule has 1 aromatic carbocycles. The second-order valence-corrected chi connectivity index (χ2v) is 5.49. The lowest BCUT2D eigenvalue weighted by Gasteiger charge is -2.11. The molecule has 0 saturated heterocycles. The molecule has 20 heavy (non-hydrogen) atoms. The fourth-order valence-electron chi connectivity index (χ4n) is 1.90. The van der Waals surface area contributed by atoms with Crippen LogP contribution < -0.4 is 10.1 Å². The second kappa shape index (κ2) is 8.74. The summed E-state index contributed by atoms with van der Waals surface area (Å²) in [6, 6.07) is 12.4. The van der Waals surface area contributed by atoms with Gasteiger partial charge in [-0.3, -0.25) is 0 Å². The number of benzene rings is 1. The van der Waals surface area contributed by atoms with E-state index in [0.717, 1.165) is 38.5 Å². The molecule has 1 heterocycles. The number of thiophene rings is 1. The van der Waals surface area contributed by atoms with Crippen molar-refractivity contribution in [3.05, 3.63) is 52.2 Å². The maximum Gasteiger partial charge on any atom is 0.123 e. The van der Waals surface area contributed by atoms with Crippen LogP contribution in [0.1, 0.15) is 10.4 Å². The van der Waals surface area contributed by atoms with E-state index in [4.69, 9.17) is 9.47 Å². The predicted molar refractivity (Wildman–Crippen MR) is 83.5 cm³/mol. The Morgan fingerprint density at radius 3 is 2.80 bits per heavy atom. The minimum absolute atomic E-state index is 0.718. The van der Waals surface area contributed by atoms with Crippen LogP contribution in [-0.4, -0.2) is 26.9 Å². The Morgan fingerprint density at radius 2 is 2.00 bits per heavy atom. The van der Waals surface area contributed by atoms with Gasteiger partial charge in [-0.1, -0.05) is 24.3 Å². The number of methoxy groups -OCH3 is 1. The van der Waals surface area contributed by atoms with Crippen LogP contribution in [0, 0.1) is 0 Å². The van der Waals surface area contributed by atoms with Crippen molar-refractivity contribution in [2.75, 3.05) is 26.9 Å². The zero-order valence-corrected chi connectivity index (χ0v) is 12.6. The number of rotatable bonds is 9. The van der Waals surface area contributed by atoms with Gasteiger partial charge in [0.15, 0.2) is 0 Å². The van der Waals surface area contributed by atoms with Gasteiger partial charge in [0.25, 0.3) is 0 Å². The lowest BCUT2D eigenvalue weighted by Crippen LogP contribution is -2.19. The van der Waals surface area contributed by atoms with Gasteiger partial charge in [-0.25, -0.2) is 0 Å². The van der Waals surface area contributed by atoms with Crippen LogP contribution in [0.2, 0.25) is 0 Å². The van der Waals surface area contributed by atoms with Crippen LogP contribution in [0.15, 0.2) is 41.8 Å². The number of hydrogen-bond acceptors (Lipinski definition) is 4. The summed E-state index contributed by atoms with van der Waals surface area (Å²) in [4.78, 5) is 1.36. The highest BCUT2D eigenvalue weighted by atomic mass is 32.1. The van der Waals surface area contributed by atoms with Gasteiger partial charge in [-0.15, -0.1) is 11.3 Å². The highest BCUT2D eigenvalue weighted by Crippen LogP contribution is 2.18. The fourth-order valence-corrected chi connectivity index (χ4v) is 2.59. The Hall–Kier alpha value is -1.36. The van der Waals surface area contributed by atoms with Crippen LogP contribution in [0.4, 0.5) is 0 Å². The Balaban J connectivity index is 1.80. The monoisotopic (exact) mass is 291 g/mol. The first kappa shape index (κ1) is 15.0. The molecule has 0 bridgehead atoms. The molecule has 1 N–H and O–H groups in total. The number of ether oxygens (including phenoxy) is 2. The summed E-state index contributed by atoms with van der Waals surface area (Å²) in [5, 5.41) is 5.44. The Morgan fingerprint density at radius 1 is 1.10 bits per heavy atom. The zero-order chi connectivity index (χ0) is 14.0. The molecular weight excluding hydrogens is 270 g/mol. The van der Waals surface area contributed by atoms with Crippen molar-refractivity contribution >= 4 is 11.3 Å². The second-order valence-electron chi connectivity index (χ2n) is 4.46. The Kier molecular flexibility index (Phi) is 6.57.